The Morgan fingerprint density at radius 2 is 2.08 bits per heavy atom. The summed E-state index contributed by atoms with van der Waals surface area (Å²) in [4.78, 5) is 43.4. The summed E-state index contributed by atoms with van der Waals surface area (Å²) in [5.74, 6) is -0.229. The third kappa shape index (κ3) is 3.61. The van der Waals surface area contributed by atoms with Crippen molar-refractivity contribution < 1.29 is 14.3 Å². The summed E-state index contributed by atoms with van der Waals surface area (Å²) in [5.41, 5.74) is 0.402. The van der Waals surface area contributed by atoms with Crippen LogP contribution in [-0.4, -0.2) is 46.0 Å². The molecular formula is C19H23N3O4. The van der Waals surface area contributed by atoms with E-state index in [-0.39, 0.29) is 29.9 Å². The molecule has 1 aliphatic rings. The summed E-state index contributed by atoms with van der Waals surface area (Å²) in [6, 6.07) is 7.10. The molecule has 1 aromatic carbocycles. The standard InChI is InChI=1S/C19H23N3O4/c1-3-26-19(25)14-7-6-10-21(11-14)17(23)12-22-13(2)20-16-9-5-4-8-15(16)18(22)24/h4-5,8-9,14H,3,6-7,10-12H2,1-2H3/t14-/m0/s1. The Kier molecular flexibility index (Phi) is 5.35. The van der Waals surface area contributed by atoms with E-state index in [9.17, 15) is 14.4 Å². The van der Waals surface area contributed by atoms with E-state index in [2.05, 4.69) is 4.98 Å². The summed E-state index contributed by atoms with van der Waals surface area (Å²) in [6.45, 7) is 4.68. The third-order valence-electron chi connectivity index (χ3n) is 4.74. The molecule has 2 heterocycles. The number of hydrogen-bond acceptors (Lipinski definition) is 5. The molecule has 0 saturated carbocycles. The van der Waals surface area contributed by atoms with Crippen LogP contribution in [0.25, 0.3) is 10.9 Å². The minimum atomic E-state index is -0.291. The van der Waals surface area contributed by atoms with Crippen LogP contribution < -0.4 is 5.56 Å². The van der Waals surface area contributed by atoms with Gasteiger partial charge in [0.25, 0.3) is 5.56 Å². The number of nitrogens with zero attached hydrogens (tertiary/aromatic N) is 3. The molecule has 7 heteroatoms. The molecule has 0 radical (unpaired) electrons. The molecular weight excluding hydrogens is 334 g/mol. The molecule has 1 atom stereocenters. The highest BCUT2D eigenvalue weighted by molar-refractivity contribution is 5.80. The van der Waals surface area contributed by atoms with Crippen LogP contribution in [0.1, 0.15) is 25.6 Å². The van der Waals surface area contributed by atoms with Crippen LogP contribution in [0.4, 0.5) is 0 Å². The number of benzene rings is 1. The summed E-state index contributed by atoms with van der Waals surface area (Å²) in [7, 11) is 0. The van der Waals surface area contributed by atoms with Gasteiger partial charge < -0.3 is 9.64 Å². The Morgan fingerprint density at radius 3 is 2.85 bits per heavy atom. The Hall–Kier alpha value is -2.70. The second kappa shape index (κ2) is 7.68. The van der Waals surface area contributed by atoms with Gasteiger partial charge in [-0.15, -0.1) is 0 Å². The molecule has 1 saturated heterocycles. The molecule has 26 heavy (non-hydrogen) atoms. The number of piperidine rings is 1. The average Bonchev–Trinajstić information content (AvgIpc) is 2.65. The van der Waals surface area contributed by atoms with Crippen molar-refractivity contribution >= 4 is 22.8 Å². The molecule has 1 aliphatic heterocycles. The maximum absolute atomic E-state index is 12.7. The van der Waals surface area contributed by atoms with Crippen molar-refractivity contribution in [2.24, 2.45) is 5.92 Å². The number of aromatic nitrogens is 2. The molecule has 1 amide bonds. The van der Waals surface area contributed by atoms with Crippen LogP contribution in [0.5, 0.6) is 0 Å². The molecule has 0 spiro atoms. The first kappa shape index (κ1) is 18.1. The monoisotopic (exact) mass is 357 g/mol. The molecule has 0 bridgehead atoms. The minimum absolute atomic E-state index is 0.0714. The lowest BCUT2D eigenvalue weighted by Gasteiger charge is -2.31. The first-order chi connectivity index (χ1) is 12.5. The number of fused-ring (bicyclic) bond motifs is 1. The Bertz CT molecular complexity index is 890. The van der Waals surface area contributed by atoms with Gasteiger partial charge in [-0.1, -0.05) is 12.1 Å². The fraction of sp³-hybridized carbons (Fsp3) is 0.474. The summed E-state index contributed by atoms with van der Waals surface area (Å²) < 4.78 is 6.47. The Labute approximate surface area is 151 Å². The number of hydrogen-bond donors (Lipinski definition) is 0. The fourth-order valence-corrected chi connectivity index (χ4v) is 3.36. The second-order valence-electron chi connectivity index (χ2n) is 6.50. The number of esters is 1. The lowest BCUT2D eigenvalue weighted by Crippen LogP contribution is -2.45. The molecule has 2 aromatic rings. The normalized spacial score (nSPS) is 17.3. The number of carbonyl (C=O) groups excluding carboxylic acids is 2. The van der Waals surface area contributed by atoms with Crippen molar-refractivity contribution in [1.82, 2.24) is 14.5 Å². The van der Waals surface area contributed by atoms with E-state index in [1.165, 1.54) is 4.57 Å². The van der Waals surface area contributed by atoms with Gasteiger partial charge in [0.15, 0.2) is 0 Å². The van der Waals surface area contributed by atoms with Gasteiger partial charge in [0.05, 0.1) is 23.4 Å². The molecule has 0 aliphatic carbocycles. The maximum atomic E-state index is 12.7. The van der Waals surface area contributed by atoms with E-state index in [4.69, 9.17) is 4.74 Å². The smallest absolute Gasteiger partial charge is 0.310 e. The van der Waals surface area contributed by atoms with Crippen LogP contribution in [0.2, 0.25) is 0 Å². The second-order valence-corrected chi connectivity index (χ2v) is 6.50. The summed E-state index contributed by atoms with van der Waals surface area (Å²) in [5, 5.41) is 0.494. The molecule has 138 valence electrons. The van der Waals surface area contributed by atoms with Crippen LogP contribution in [0, 0.1) is 12.8 Å². The van der Waals surface area contributed by atoms with E-state index in [1.807, 2.05) is 6.07 Å². The largest absolute Gasteiger partial charge is 0.466 e. The highest BCUT2D eigenvalue weighted by atomic mass is 16.5. The highest BCUT2D eigenvalue weighted by Crippen LogP contribution is 2.18. The van der Waals surface area contributed by atoms with Crippen molar-refractivity contribution in [1.29, 1.82) is 0 Å². The molecule has 1 fully saturated rings. The number of likely N-dealkylation sites (tertiary alicyclic amines) is 1. The first-order valence-electron chi connectivity index (χ1n) is 8.92. The average molecular weight is 357 g/mol. The van der Waals surface area contributed by atoms with Gasteiger partial charge in [0.2, 0.25) is 5.91 Å². The zero-order valence-electron chi connectivity index (χ0n) is 15.1. The fourth-order valence-electron chi connectivity index (χ4n) is 3.36. The van der Waals surface area contributed by atoms with E-state index >= 15 is 0 Å². The first-order valence-corrected chi connectivity index (χ1v) is 8.92. The summed E-state index contributed by atoms with van der Waals surface area (Å²) in [6.07, 6.45) is 1.47. The highest BCUT2D eigenvalue weighted by Gasteiger charge is 2.29. The molecule has 1 aromatic heterocycles. The van der Waals surface area contributed by atoms with Gasteiger partial charge in [-0.3, -0.25) is 19.0 Å². The van der Waals surface area contributed by atoms with Crippen molar-refractivity contribution in [2.75, 3.05) is 19.7 Å². The van der Waals surface area contributed by atoms with Gasteiger partial charge in [-0.05, 0) is 38.8 Å². The maximum Gasteiger partial charge on any atom is 0.310 e. The van der Waals surface area contributed by atoms with Gasteiger partial charge >= 0.3 is 5.97 Å². The molecule has 7 nitrogen and oxygen atoms in total. The van der Waals surface area contributed by atoms with E-state index < -0.39 is 0 Å². The van der Waals surface area contributed by atoms with Crippen molar-refractivity contribution in [3.63, 3.8) is 0 Å². The van der Waals surface area contributed by atoms with Crippen LogP contribution >= 0.6 is 0 Å². The molecule has 3 rings (SSSR count). The predicted molar refractivity (Wildman–Crippen MR) is 96.7 cm³/mol. The Morgan fingerprint density at radius 1 is 1.31 bits per heavy atom. The zero-order valence-corrected chi connectivity index (χ0v) is 15.1. The van der Waals surface area contributed by atoms with Gasteiger partial charge in [0.1, 0.15) is 12.4 Å². The number of ether oxygens (including phenoxy) is 1. The number of rotatable bonds is 4. The van der Waals surface area contributed by atoms with Gasteiger partial charge in [0, 0.05) is 13.1 Å². The van der Waals surface area contributed by atoms with Crippen molar-refractivity contribution in [3.8, 4) is 0 Å². The summed E-state index contributed by atoms with van der Waals surface area (Å²) >= 11 is 0. The van der Waals surface area contributed by atoms with Gasteiger partial charge in [-0.25, -0.2) is 4.98 Å². The number of para-hydroxylation sites is 1. The van der Waals surface area contributed by atoms with Gasteiger partial charge in [-0.2, -0.15) is 0 Å². The lowest BCUT2D eigenvalue weighted by molar-refractivity contribution is -0.151. The quantitative estimate of drug-likeness (QED) is 0.775. The van der Waals surface area contributed by atoms with Crippen molar-refractivity contribution in [3.05, 3.63) is 40.4 Å². The number of carbonyl (C=O) groups is 2. The van der Waals surface area contributed by atoms with E-state index in [0.717, 1.165) is 12.8 Å². The molecule has 0 unspecified atom stereocenters. The number of aryl methyl sites for hydroxylation is 1. The van der Waals surface area contributed by atoms with Crippen LogP contribution in [0.3, 0.4) is 0 Å². The third-order valence-corrected chi connectivity index (χ3v) is 4.74. The van der Waals surface area contributed by atoms with Crippen molar-refractivity contribution in [2.45, 2.75) is 33.2 Å². The molecule has 0 N–H and O–H groups in total. The van der Waals surface area contributed by atoms with E-state index in [0.29, 0.717) is 36.4 Å². The van der Waals surface area contributed by atoms with Crippen LogP contribution in [-0.2, 0) is 20.9 Å². The SMILES string of the molecule is CCOC(=O)[C@H]1CCCN(C(=O)Cn2c(C)nc3ccccc3c2=O)C1. The Balaban J connectivity index is 1.79. The topological polar surface area (TPSA) is 81.5 Å². The minimum Gasteiger partial charge on any atom is -0.466 e. The number of amides is 1. The zero-order chi connectivity index (χ0) is 18.7. The van der Waals surface area contributed by atoms with Crippen LogP contribution in [0.15, 0.2) is 29.1 Å². The van der Waals surface area contributed by atoms with E-state index in [1.54, 1.807) is 36.9 Å². The predicted octanol–water partition coefficient (Wildman–Crippen LogP) is 1.51. The lowest BCUT2D eigenvalue weighted by atomic mass is 9.98.